The SMILES string of the molecule is CC[C@H](C)NC(=O)[C@H](CC)N(Cc1ccc(C)cc1)C(=O)CN(c1ccc(Cl)c(C(F)(F)F)c1)S(C)(=O)=O. The van der Waals surface area contributed by atoms with Crippen LogP contribution in [0.5, 0.6) is 0 Å². The molecule has 38 heavy (non-hydrogen) atoms. The molecule has 0 spiro atoms. The average Bonchev–Trinajstić information content (AvgIpc) is 2.82. The monoisotopic (exact) mass is 575 g/mol. The van der Waals surface area contributed by atoms with Gasteiger partial charge in [-0.3, -0.25) is 13.9 Å². The Hall–Kier alpha value is -2.79. The number of carbonyl (C=O) groups excluding carboxylic acids is 2. The van der Waals surface area contributed by atoms with Gasteiger partial charge in [0.15, 0.2) is 0 Å². The maximum atomic E-state index is 13.6. The third kappa shape index (κ3) is 8.36. The second-order valence-corrected chi connectivity index (χ2v) is 11.5. The van der Waals surface area contributed by atoms with E-state index < -0.39 is 51.2 Å². The maximum absolute atomic E-state index is 13.6. The minimum absolute atomic E-state index is 0.00241. The Morgan fingerprint density at radius 1 is 1.05 bits per heavy atom. The van der Waals surface area contributed by atoms with Crippen molar-refractivity contribution < 1.29 is 31.2 Å². The fourth-order valence-electron chi connectivity index (χ4n) is 3.75. The molecular weight excluding hydrogens is 543 g/mol. The number of carbonyl (C=O) groups is 2. The van der Waals surface area contributed by atoms with Gasteiger partial charge in [0.05, 0.1) is 22.5 Å². The lowest BCUT2D eigenvalue weighted by Crippen LogP contribution is -2.53. The number of rotatable bonds is 11. The molecule has 0 bridgehead atoms. The Kier molecular flexibility index (Phi) is 10.6. The molecule has 12 heteroatoms. The number of halogens is 4. The molecule has 0 saturated carbocycles. The molecule has 0 heterocycles. The molecule has 0 unspecified atom stereocenters. The van der Waals surface area contributed by atoms with Gasteiger partial charge in [0.25, 0.3) is 0 Å². The van der Waals surface area contributed by atoms with Crippen molar-refractivity contribution in [3.05, 3.63) is 64.2 Å². The van der Waals surface area contributed by atoms with E-state index >= 15 is 0 Å². The van der Waals surface area contributed by atoms with Crippen molar-refractivity contribution in [1.82, 2.24) is 10.2 Å². The number of aryl methyl sites for hydroxylation is 1. The van der Waals surface area contributed by atoms with Crippen molar-refractivity contribution >= 4 is 39.1 Å². The third-order valence-electron chi connectivity index (χ3n) is 6.08. The zero-order chi connectivity index (χ0) is 28.8. The molecule has 0 aliphatic rings. The number of alkyl halides is 3. The first kappa shape index (κ1) is 31.4. The molecule has 0 fully saturated rings. The Balaban J connectivity index is 2.52. The highest BCUT2D eigenvalue weighted by Crippen LogP contribution is 2.37. The normalized spacial score (nSPS) is 13.5. The van der Waals surface area contributed by atoms with E-state index in [-0.39, 0.29) is 24.7 Å². The van der Waals surface area contributed by atoms with Crippen LogP contribution in [-0.4, -0.2) is 50.0 Å². The summed E-state index contributed by atoms with van der Waals surface area (Å²) in [6.45, 7) is 6.52. The van der Waals surface area contributed by atoms with E-state index in [2.05, 4.69) is 5.32 Å². The molecule has 2 rings (SSSR count). The lowest BCUT2D eigenvalue weighted by atomic mass is 10.1. The van der Waals surface area contributed by atoms with Crippen LogP contribution in [0.15, 0.2) is 42.5 Å². The van der Waals surface area contributed by atoms with Gasteiger partial charge in [0.1, 0.15) is 12.6 Å². The predicted octanol–water partition coefficient (Wildman–Crippen LogP) is 5.16. The second-order valence-electron chi connectivity index (χ2n) is 9.18. The predicted molar refractivity (Wildman–Crippen MR) is 142 cm³/mol. The Morgan fingerprint density at radius 3 is 2.16 bits per heavy atom. The van der Waals surface area contributed by atoms with Gasteiger partial charge in [0, 0.05) is 12.6 Å². The summed E-state index contributed by atoms with van der Waals surface area (Å²) in [4.78, 5) is 28.0. The molecule has 0 aliphatic heterocycles. The van der Waals surface area contributed by atoms with Crippen LogP contribution in [0, 0.1) is 6.92 Å². The van der Waals surface area contributed by atoms with Crippen LogP contribution < -0.4 is 9.62 Å². The van der Waals surface area contributed by atoms with Gasteiger partial charge in [-0.2, -0.15) is 13.2 Å². The molecule has 0 aliphatic carbocycles. The Morgan fingerprint density at radius 2 is 1.66 bits per heavy atom. The molecule has 7 nitrogen and oxygen atoms in total. The van der Waals surface area contributed by atoms with Gasteiger partial charge in [-0.25, -0.2) is 8.42 Å². The zero-order valence-corrected chi connectivity index (χ0v) is 23.5. The summed E-state index contributed by atoms with van der Waals surface area (Å²) in [5.41, 5.74) is 0.0914. The van der Waals surface area contributed by atoms with E-state index in [9.17, 15) is 31.2 Å². The fraction of sp³-hybridized carbons (Fsp3) is 0.462. The highest BCUT2D eigenvalue weighted by Gasteiger charge is 2.36. The second kappa shape index (κ2) is 12.8. The molecule has 2 amide bonds. The number of anilines is 1. The van der Waals surface area contributed by atoms with Crippen LogP contribution in [-0.2, 0) is 32.3 Å². The quantitative estimate of drug-likeness (QED) is 0.401. The van der Waals surface area contributed by atoms with E-state index in [0.29, 0.717) is 22.4 Å². The van der Waals surface area contributed by atoms with Gasteiger partial charge < -0.3 is 10.2 Å². The number of nitrogens with one attached hydrogen (secondary N) is 1. The maximum Gasteiger partial charge on any atom is 0.417 e. The van der Waals surface area contributed by atoms with Gasteiger partial charge in [-0.1, -0.05) is 55.3 Å². The number of benzene rings is 2. The van der Waals surface area contributed by atoms with Crippen molar-refractivity contribution in [3.8, 4) is 0 Å². The Bertz CT molecular complexity index is 1240. The summed E-state index contributed by atoms with van der Waals surface area (Å²) in [6.07, 6.45) is -3.15. The summed E-state index contributed by atoms with van der Waals surface area (Å²) in [5, 5.41) is 2.25. The van der Waals surface area contributed by atoms with Crippen LogP contribution in [0.3, 0.4) is 0 Å². The highest BCUT2D eigenvalue weighted by molar-refractivity contribution is 7.92. The molecule has 0 saturated heterocycles. The summed E-state index contributed by atoms with van der Waals surface area (Å²) < 4.78 is 66.2. The first-order valence-corrected chi connectivity index (χ1v) is 14.3. The molecule has 2 aromatic rings. The zero-order valence-electron chi connectivity index (χ0n) is 22.0. The van der Waals surface area contributed by atoms with Crippen molar-refractivity contribution in [1.29, 1.82) is 0 Å². The minimum Gasteiger partial charge on any atom is -0.352 e. The van der Waals surface area contributed by atoms with Crippen molar-refractivity contribution in [3.63, 3.8) is 0 Å². The van der Waals surface area contributed by atoms with Gasteiger partial charge in [0.2, 0.25) is 21.8 Å². The van der Waals surface area contributed by atoms with E-state index in [1.807, 2.05) is 32.9 Å². The van der Waals surface area contributed by atoms with Gasteiger partial charge in [-0.05, 0) is 50.5 Å². The van der Waals surface area contributed by atoms with Crippen LogP contribution in [0.25, 0.3) is 0 Å². The smallest absolute Gasteiger partial charge is 0.352 e. The molecule has 210 valence electrons. The largest absolute Gasteiger partial charge is 0.417 e. The van der Waals surface area contributed by atoms with Crippen LogP contribution in [0.1, 0.15) is 50.3 Å². The first-order chi connectivity index (χ1) is 17.6. The van der Waals surface area contributed by atoms with Crippen molar-refractivity contribution in [2.24, 2.45) is 0 Å². The Labute approximate surface area is 227 Å². The highest BCUT2D eigenvalue weighted by atomic mass is 35.5. The van der Waals surface area contributed by atoms with Gasteiger partial charge in [-0.15, -0.1) is 0 Å². The van der Waals surface area contributed by atoms with Crippen LogP contribution in [0.4, 0.5) is 18.9 Å². The number of amides is 2. The number of sulfonamides is 1. The summed E-state index contributed by atoms with van der Waals surface area (Å²) in [6, 6.07) is 8.79. The van der Waals surface area contributed by atoms with Crippen LogP contribution >= 0.6 is 11.6 Å². The lowest BCUT2D eigenvalue weighted by molar-refractivity contribution is -0.140. The van der Waals surface area contributed by atoms with E-state index in [0.717, 1.165) is 24.0 Å². The molecular formula is C26H33ClF3N3O4S. The van der Waals surface area contributed by atoms with E-state index in [1.165, 1.54) is 4.90 Å². The first-order valence-electron chi connectivity index (χ1n) is 12.1. The molecule has 0 aromatic heterocycles. The number of nitrogens with zero attached hydrogens (tertiary/aromatic N) is 2. The van der Waals surface area contributed by atoms with Crippen molar-refractivity contribution in [2.45, 2.75) is 65.3 Å². The third-order valence-corrected chi connectivity index (χ3v) is 7.55. The molecule has 2 aromatic carbocycles. The molecule has 0 radical (unpaired) electrons. The van der Waals surface area contributed by atoms with Crippen molar-refractivity contribution in [2.75, 3.05) is 17.1 Å². The fourth-order valence-corrected chi connectivity index (χ4v) is 4.82. The summed E-state index contributed by atoms with van der Waals surface area (Å²) in [5.74, 6) is -1.15. The van der Waals surface area contributed by atoms with Crippen LogP contribution in [0.2, 0.25) is 5.02 Å². The number of hydrogen-bond donors (Lipinski definition) is 1. The van der Waals surface area contributed by atoms with E-state index in [1.54, 1.807) is 19.1 Å². The van der Waals surface area contributed by atoms with E-state index in [4.69, 9.17) is 11.6 Å². The summed E-state index contributed by atoms with van der Waals surface area (Å²) >= 11 is 5.70. The van der Waals surface area contributed by atoms with Gasteiger partial charge >= 0.3 is 6.18 Å². The molecule has 2 atom stereocenters. The number of hydrogen-bond acceptors (Lipinski definition) is 4. The standard InChI is InChI=1S/C26H33ClF3N3O4S/c1-6-18(4)31-25(35)23(7-2)32(15-19-10-8-17(3)9-11-19)24(34)16-33(38(5,36)37)20-12-13-22(27)21(14-20)26(28,29)30/h8-14,18,23H,6-7,15-16H2,1-5H3,(H,31,35)/t18-,23-/m0/s1. The lowest BCUT2D eigenvalue weighted by Gasteiger charge is -2.33. The summed E-state index contributed by atoms with van der Waals surface area (Å²) in [7, 11) is -4.20. The minimum atomic E-state index is -4.83. The topological polar surface area (TPSA) is 86.8 Å². The average molecular weight is 576 g/mol. The molecule has 1 N–H and O–H groups in total.